The average molecular weight is 222 g/mol. The van der Waals surface area contributed by atoms with Crippen molar-refractivity contribution in [2.24, 2.45) is 5.92 Å². The predicted molar refractivity (Wildman–Crippen MR) is 69.9 cm³/mol. The van der Waals surface area contributed by atoms with Crippen molar-refractivity contribution in [1.29, 1.82) is 0 Å². The van der Waals surface area contributed by atoms with Gasteiger partial charge in [0.1, 0.15) is 0 Å². The van der Waals surface area contributed by atoms with E-state index in [1.54, 1.807) is 0 Å². The molecule has 0 aromatic carbocycles. The molecule has 2 nitrogen and oxygen atoms in total. The van der Waals surface area contributed by atoms with E-state index < -0.39 is 0 Å². The van der Waals surface area contributed by atoms with Crippen molar-refractivity contribution in [3.05, 3.63) is 0 Å². The third-order valence-corrected chi connectivity index (χ3v) is 2.67. The van der Waals surface area contributed by atoms with E-state index in [4.69, 9.17) is 9.47 Å². The van der Waals surface area contributed by atoms with Gasteiger partial charge in [-0.3, -0.25) is 0 Å². The first kappa shape index (κ1) is 16.5. The molecule has 0 spiro atoms. The van der Waals surface area contributed by atoms with Gasteiger partial charge in [-0.25, -0.2) is 0 Å². The molecule has 0 N–H and O–H groups in total. The Labute approximate surface area is 111 Å². The molecule has 0 fully saturated rings. The van der Waals surface area contributed by atoms with Crippen LogP contribution in [-0.4, -0.2) is 37.7 Å². The smallest absolute Gasteiger partial charge is 0.0653 e. The van der Waals surface area contributed by atoms with Gasteiger partial charge in [0, 0.05) is 0 Å². The van der Waals surface area contributed by atoms with Crippen molar-refractivity contribution >= 4 is 17.7 Å². The molecule has 0 saturated carbocycles. The van der Waals surface area contributed by atoms with Crippen LogP contribution in [0.3, 0.4) is 0 Å². The number of hydrogen-bond donors (Lipinski definition) is 0. The van der Waals surface area contributed by atoms with Crippen molar-refractivity contribution in [2.45, 2.75) is 57.5 Å². The van der Waals surface area contributed by atoms with E-state index in [0.29, 0.717) is 6.79 Å². The molecule has 0 aromatic rings. The van der Waals surface area contributed by atoms with Gasteiger partial charge < -0.3 is 0 Å². The summed E-state index contributed by atoms with van der Waals surface area (Å²) in [6.07, 6.45) is 6.08. The van der Waals surface area contributed by atoms with Crippen molar-refractivity contribution in [1.82, 2.24) is 0 Å². The third-order valence-electron chi connectivity index (χ3n) is 2.67. The molecule has 2 atom stereocenters. The fourth-order valence-corrected chi connectivity index (χ4v) is 1.88. The molecule has 0 bridgehead atoms. The molecule has 0 aliphatic rings. The minimum atomic E-state index is 0.471. The topological polar surface area (TPSA) is 18.5 Å². The summed E-state index contributed by atoms with van der Waals surface area (Å²) in [4.78, 5) is 0. The molecule has 0 aliphatic heterocycles. The molecular weight excluding hydrogens is 195 g/mol. The molecule has 0 saturated heterocycles. The molecule has 3 heteroatoms. The van der Waals surface area contributed by atoms with Crippen molar-refractivity contribution in [3.8, 4) is 0 Å². The molecular formula is C13H27LiO2. The quantitative estimate of drug-likeness (QED) is 0.302. The second kappa shape index (κ2) is 12.0. The summed E-state index contributed by atoms with van der Waals surface area (Å²) in [5.41, 5.74) is 0. The summed E-state index contributed by atoms with van der Waals surface area (Å²) in [7, 11) is 0. The van der Waals surface area contributed by atoms with Crippen LogP contribution in [0, 0.1) is 5.92 Å². The zero-order valence-corrected chi connectivity index (χ0v) is 11.6. The fraction of sp³-hybridized carbons (Fsp3) is 1.00. The van der Waals surface area contributed by atoms with Crippen LogP contribution < -0.4 is 0 Å². The van der Waals surface area contributed by atoms with Gasteiger partial charge in [0.25, 0.3) is 0 Å². The Hall–Kier alpha value is 0.517. The summed E-state index contributed by atoms with van der Waals surface area (Å²) in [6, 6.07) is 0. The van der Waals surface area contributed by atoms with Crippen LogP contribution >= 0.6 is 0 Å². The van der Waals surface area contributed by atoms with E-state index in [1.165, 1.54) is 19.3 Å². The van der Waals surface area contributed by atoms with E-state index in [9.17, 15) is 0 Å². The molecule has 0 amide bonds. The van der Waals surface area contributed by atoms with E-state index in [2.05, 4.69) is 38.5 Å². The van der Waals surface area contributed by atoms with E-state index in [1.807, 2.05) is 0 Å². The normalized spacial score (nSPS) is 15.1. The van der Waals surface area contributed by atoms with E-state index >= 15 is 0 Å². The summed E-state index contributed by atoms with van der Waals surface area (Å²) < 4.78 is 11.6. The number of rotatable bonds is 11. The zero-order valence-electron chi connectivity index (χ0n) is 11.6. The molecule has 0 rings (SSSR count). The first-order valence-electron chi connectivity index (χ1n) is 6.82. The van der Waals surface area contributed by atoms with Crippen molar-refractivity contribution in [3.63, 3.8) is 0 Å². The van der Waals surface area contributed by atoms with E-state index in [0.717, 1.165) is 36.6 Å². The standard InChI is InChI=1S/C13H27O2.Li/c1-4-6-10-14-12-15-11-7-9-13(3)8-5-2;/h5,13H,4,6-12H2,1-3H3;. The maximum atomic E-state index is 5.41. The number of unbranched alkanes of at least 4 members (excludes halogenated alkanes) is 1. The van der Waals surface area contributed by atoms with Gasteiger partial charge in [0.15, 0.2) is 0 Å². The predicted octanol–water partition coefficient (Wildman–Crippen LogP) is 3.56. The van der Waals surface area contributed by atoms with Gasteiger partial charge in [0.05, 0.1) is 0 Å². The first-order chi connectivity index (χ1) is 7.66. The Balaban J connectivity index is 3.08. The fourth-order valence-electron chi connectivity index (χ4n) is 1.88. The minimum Gasteiger partial charge on any atom is -0.0653 e. The summed E-state index contributed by atoms with van der Waals surface area (Å²) in [6.45, 7) is 8.93. The Morgan fingerprint density at radius 1 is 1.06 bits per heavy atom. The van der Waals surface area contributed by atoms with Gasteiger partial charge >= 0.3 is 104 Å². The van der Waals surface area contributed by atoms with Gasteiger partial charge in [0.2, 0.25) is 0 Å². The zero-order chi connectivity index (χ0) is 12.2. The van der Waals surface area contributed by atoms with Crippen molar-refractivity contribution < 1.29 is 9.47 Å². The minimum absolute atomic E-state index is 0.471. The molecule has 0 radical (unpaired) electrons. The number of hydrogen-bond acceptors (Lipinski definition) is 2. The van der Waals surface area contributed by atoms with Crippen LogP contribution in [-0.2, 0) is 9.47 Å². The molecule has 0 heterocycles. The Morgan fingerprint density at radius 2 is 1.69 bits per heavy atom. The second-order valence-corrected chi connectivity index (χ2v) is 5.16. The first-order valence-corrected chi connectivity index (χ1v) is 6.82. The van der Waals surface area contributed by atoms with Gasteiger partial charge in [-0.15, -0.1) is 0 Å². The van der Waals surface area contributed by atoms with Crippen LogP contribution in [0.2, 0.25) is 4.59 Å². The van der Waals surface area contributed by atoms with E-state index in [-0.39, 0.29) is 0 Å². The summed E-state index contributed by atoms with van der Waals surface area (Å²) >= 11 is 2.29. The van der Waals surface area contributed by atoms with Crippen LogP contribution in [0.4, 0.5) is 0 Å². The Kier molecular flexibility index (Phi) is 12.4. The van der Waals surface area contributed by atoms with Gasteiger partial charge in [-0.1, -0.05) is 6.92 Å². The number of ether oxygens (including phenoxy) is 2. The summed E-state index contributed by atoms with van der Waals surface area (Å²) in [5, 5.41) is 0. The average Bonchev–Trinajstić information content (AvgIpc) is 2.21. The third kappa shape index (κ3) is 12.6. The Morgan fingerprint density at radius 3 is 2.25 bits per heavy atom. The SMILES string of the molecule is [Li][CH](C)CC(C)CCCOCOCCCC. The maximum absolute atomic E-state index is 5.41. The monoisotopic (exact) mass is 222 g/mol. The van der Waals surface area contributed by atoms with Crippen molar-refractivity contribution in [2.75, 3.05) is 20.0 Å². The van der Waals surface area contributed by atoms with Gasteiger partial charge in [-0.05, 0) is 0 Å². The molecule has 16 heavy (non-hydrogen) atoms. The van der Waals surface area contributed by atoms with Crippen LogP contribution in [0.5, 0.6) is 0 Å². The summed E-state index contributed by atoms with van der Waals surface area (Å²) in [5.74, 6) is 0.824. The van der Waals surface area contributed by atoms with Gasteiger partial charge in [-0.2, -0.15) is 0 Å². The van der Waals surface area contributed by atoms with Crippen LogP contribution in [0.15, 0.2) is 0 Å². The molecule has 92 valence electrons. The van der Waals surface area contributed by atoms with Crippen LogP contribution in [0.25, 0.3) is 0 Å². The molecule has 0 aliphatic carbocycles. The second-order valence-electron chi connectivity index (χ2n) is 5.16. The molecule has 0 aromatic heterocycles. The van der Waals surface area contributed by atoms with Crippen LogP contribution in [0.1, 0.15) is 52.9 Å². The Bertz CT molecular complexity index is 140. The molecule has 2 unspecified atom stereocenters.